The minimum absolute atomic E-state index is 0.117. The first-order valence-electron chi connectivity index (χ1n) is 11.7. The van der Waals surface area contributed by atoms with Gasteiger partial charge in [-0.1, -0.05) is 24.3 Å². The summed E-state index contributed by atoms with van der Waals surface area (Å²) >= 11 is 0. The number of aromatic nitrogens is 3. The lowest BCUT2D eigenvalue weighted by Crippen LogP contribution is -2.24. The molecule has 0 spiro atoms. The SMILES string of the molecule is COc1ccc(Cn2cc(C=O)c3nc4c(C=O)cn(Cc5ccc(OC)cc5)c(=O)c4cc3c2=O)cc1. The van der Waals surface area contributed by atoms with Crippen molar-refractivity contribution in [1.82, 2.24) is 14.1 Å². The Labute approximate surface area is 216 Å². The highest BCUT2D eigenvalue weighted by atomic mass is 16.5. The molecule has 0 fully saturated rings. The molecule has 0 bridgehead atoms. The van der Waals surface area contributed by atoms with Gasteiger partial charge in [0, 0.05) is 12.4 Å². The summed E-state index contributed by atoms with van der Waals surface area (Å²) in [5.74, 6) is 1.36. The average Bonchev–Trinajstić information content (AvgIpc) is 2.96. The summed E-state index contributed by atoms with van der Waals surface area (Å²) in [7, 11) is 3.13. The van der Waals surface area contributed by atoms with Crippen LogP contribution in [-0.4, -0.2) is 40.9 Å². The summed E-state index contributed by atoms with van der Waals surface area (Å²) in [5.41, 5.74) is 1.45. The van der Waals surface area contributed by atoms with E-state index in [1.807, 2.05) is 24.3 Å². The van der Waals surface area contributed by atoms with Crippen LogP contribution in [0.4, 0.5) is 0 Å². The Kier molecular flexibility index (Phi) is 6.57. The van der Waals surface area contributed by atoms with Crippen molar-refractivity contribution in [1.29, 1.82) is 0 Å². The quantitative estimate of drug-likeness (QED) is 0.233. The number of benzene rings is 2. The van der Waals surface area contributed by atoms with E-state index in [0.717, 1.165) is 11.1 Å². The zero-order chi connectivity index (χ0) is 26.8. The summed E-state index contributed by atoms with van der Waals surface area (Å²) in [6, 6.07) is 15.8. The molecule has 0 unspecified atom stereocenters. The highest BCUT2D eigenvalue weighted by Gasteiger charge is 2.17. The topological polar surface area (TPSA) is 109 Å². The zero-order valence-corrected chi connectivity index (χ0v) is 20.7. The predicted molar refractivity (Wildman–Crippen MR) is 143 cm³/mol. The fourth-order valence-electron chi connectivity index (χ4n) is 4.43. The number of aldehydes is 2. The molecular weight excluding hydrogens is 486 g/mol. The summed E-state index contributed by atoms with van der Waals surface area (Å²) in [6.45, 7) is 0.404. The van der Waals surface area contributed by atoms with Crippen molar-refractivity contribution < 1.29 is 19.1 Å². The summed E-state index contributed by atoms with van der Waals surface area (Å²) < 4.78 is 13.2. The van der Waals surface area contributed by atoms with Gasteiger partial charge in [0.25, 0.3) is 11.1 Å². The first-order chi connectivity index (χ1) is 18.4. The third-order valence-corrected chi connectivity index (χ3v) is 6.42. The second kappa shape index (κ2) is 10.1. The van der Waals surface area contributed by atoms with Crippen molar-refractivity contribution in [2.45, 2.75) is 13.1 Å². The van der Waals surface area contributed by atoms with Crippen molar-refractivity contribution in [3.05, 3.63) is 110 Å². The number of carbonyl (C=O) groups is 2. The molecule has 5 aromatic rings. The van der Waals surface area contributed by atoms with E-state index in [-0.39, 0.29) is 46.0 Å². The molecule has 0 aliphatic carbocycles. The zero-order valence-electron chi connectivity index (χ0n) is 20.7. The highest BCUT2D eigenvalue weighted by molar-refractivity contribution is 6.03. The highest BCUT2D eigenvalue weighted by Crippen LogP contribution is 2.21. The van der Waals surface area contributed by atoms with Gasteiger partial charge in [0.2, 0.25) is 0 Å². The number of fused-ring (bicyclic) bond motifs is 2. The van der Waals surface area contributed by atoms with E-state index in [1.165, 1.54) is 27.6 Å². The number of methoxy groups -OCH3 is 2. The summed E-state index contributed by atoms with van der Waals surface area (Å²) in [6.07, 6.45) is 4.09. The molecular formula is C29H23N3O6. The van der Waals surface area contributed by atoms with Crippen molar-refractivity contribution >= 4 is 34.4 Å². The molecule has 3 heterocycles. The molecule has 38 heavy (non-hydrogen) atoms. The van der Waals surface area contributed by atoms with Gasteiger partial charge in [-0.2, -0.15) is 0 Å². The minimum Gasteiger partial charge on any atom is -0.497 e. The Morgan fingerprint density at radius 1 is 0.684 bits per heavy atom. The Balaban J connectivity index is 1.67. The first-order valence-corrected chi connectivity index (χ1v) is 11.7. The van der Waals surface area contributed by atoms with Crippen LogP contribution in [0.5, 0.6) is 11.5 Å². The molecule has 0 saturated carbocycles. The minimum atomic E-state index is -0.409. The third-order valence-electron chi connectivity index (χ3n) is 6.42. The lowest BCUT2D eigenvalue weighted by atomic mass is 10.1. The van der Waals surface area contributed by atoms with Gasteiger partial charge in [0.1, 0.15) is 11.5 Å². The molecule has 9 nitrogen and oxygen atoms in total. The Morgan fingerprint density at radius 3 is 1.42 bits per heavy atom. The molecule has 0 aliphatic rings. The Hall–Kier alpha value is -5.05. The van der Waals surface area contributed by atoms with Crippen molar-refractivity contribution in [3.8, 4) is 11.5 Å². The van der Waals surface area contributed by atoms with Gasteiger partial charge < -0.3 is 18.6 Å². The maximum absolute atomic E-state index is 13.5. The molecule has 2 aromatic carbocycles. The predicted octanol–water partition coefficient (Wildman–Crippen LogP) is 3.45. The van der Waals surface area contributed by atoms with E-state index < -0.39 is 11.1 Å². The molecule has 0 radical (unpaired) electrons. The fourth-order valence-corrected chi connectivity index (χ4v) is 4.43. The average molecular weight is 510 g/mol. The molecule has 0 atom stereocenters. The second-order valence-corrected chi connectivity index (χ2v) is 8.75. The molecule has 9 heteroatoms. The van der Waals surface area contributed by atoms with Crippen LogP contribution in [-0.2, 0) is 13.1 Å². The van der Waals surface area contributed by atoms with E-state index in [2.05, 4.69) is 4.98 Å². The van der Waals surface area contributed by atoms with E-state index in [9.17, 15) is 19.2 Å². The number of pyridine rings is 3. The standard InChI is InChI=1S/C29H23N3O6/c1-37-22-7-3-18(4-8-22)12-31-14-20(16-33)26-24(28(31)35)11-25-27(30-26)21(17-34)15-32(29(25)36)13-19-5-9-23(38-2)10-6-19/h3-11,14-17H,12-13H2,1-2H3. The lowest BCUT2D eigenvalue weighted by molar-refractivity contribution is 0.111. The monoisotopic (exact) mass is 509 g/mol. The summed E-state index contributed by atoms with van der Waals surface area (Å²) in [5, 5.41) is 0.235. The number of carbonyl (C=O) groups excluding carboxylic acids is 2. The molecule has 0 saturated heterocycles. The number of hydrogen-bond acceptors (Lipinski definition) is 7. The number of rotatable bonds is 8. The lowest BCUT2D eigenvalue weighted by Gasteiger charge is -2.13. The van der Waals surface area contributed by atoms with Gasteiger partial charge in [0.15, 0.2) is 12.6 Å². The maximum atomic E-state index is 13.5. The van der Waals surface area contributed by atoms with Crippen LogP contribution < -0.4 is 20.6 Å². The molecule has 190 valence electrons. The van der Waals surface area contributed by atoms with Gasteiger partial charge in [-0.25, -0.2) is 4.98 Å². The maximum Gasteiger partial charge on any atom is 0.260 e. The van der Waals surface area contributed by atoms with Crippen molar-refractivity contribution in [3.63, 3.8) is 0 Å². The van der Waals surface area contributed by atoms with Gasteiger partial charge in [-0.15, -0.1) is 0 Å². The smallest absolute Gasteiger partial charge is 0.260 e. The first kappa shape index (κ1) is 24.6. The van der Waals surface area contributed by atoms with E-state index in [1.54, 1.807) is 38.5 Å². The number of nitrogens with zero attached hydrogens (tertiary/aromatic N) is 3. The van der Waals surface area contributed by atoms with Crippen LogP contribution in [0.25, 0.3) is 21.8 Å². The largest absolute Gasteiger partial charge is 0.497 e. The van der Waals surface area contributed by atoms with Gasteiger partial charge in [-0.05, 0) is 41.5 Å². The van der Waals surface area contributed by atoms with Gasteiger partial charge in [0.05, 0.1) is 60.2 Å². The summed E-state index contributed by atoms with van der Waals surface area (Å²) in [4.78, 5) is 55.3. The fraction of sp³-hybridized carbons (Fsp3) is 0.138. The van der Waals surface area contributed by atoms with Crippen LogP contribution in [0.3, 0.4) is 0 Å². The van der Waals surface area contributed by atoms with E-state index in [4.69, 9.17) is 9.47 Å². The van der Waals surface area contributed by atoms with Crippen molar-refractivity contribution in [2.24, 2.45) is 0 Å². The molecule has 0 N–H and O–H groups in total. The molecule has 0 amide bonds. The Morgan fingerprint density at radius 2 is 1.08 bits per heavy atom. The van der Waals surface area contributed by atoms with Crippen molar-refractivity contribution in [2.75, 3.05) is 14.2 Å². The van der Waals surface area contributed by atoms with E-state index >= 15 is 0 Å². The van der Waals surface area contributed by atoms with Gasteiger partial charge >= 0.3 is 0 Å². The van der Waals surface area contributed by atoms with Crippen LogP contribution >= 0.6 is 0 Å². The second-order valence-electron chi connectivity index (χ2n) is 8.75. The normalized spacial score (nSPS) is 11.0. The van der Waals surface area contributed by atoms with E-state index in [0.29, 0.717) is 24.1 Å². The van der Waals surface area contributed by atoms with Crippen LogP contribution in [0.2, 0.25) is 0 Å². The number of hydrogen-bond donors (Lipinski definition) is 0. The number of ether oxygens (including phenoxy) is 2. The molecule has 3 aromatic heterocycles. The Bertz CT molecular complexity index is 1670. The van der Waals surface area contributed by atoms with Crippen LogP contribution in [0.15, 0.2) is 76.6 Å². The molecule has 0 aliphatic heterocycles. The van der Waals surface area contributed by atoms with Gasteiger partial charge in [-0.3, -0.25) is 19.2 Å². The molecule has 5 rings (SSSR count). The van der Waals surface area contributed by atoms with Crippen LogP contribution in [0.1, 0.15) is 31.8 Å². The third kappa shape index (κ3) is 4.45. The van der Waals surface area contributed by atoms with Crippen LogP contribution in [0, 0.1) is 0 Å².